The average molecular weight is 201 g/mol. The van der Waals surface area contributed by atoms with E-state index in [1.165, 1.54) is 6.92 Å². The van der Waals surface area contributed by atoms with E-state index < -0.39 is 17.8 Å². The van der Waals surface area contributed by atoms with Crippen molar-refractivity contribution in [3.05, 3.63) is 23.3 Å². The Morgan fingerprint density at radius 2 is 2.07 bits per heavy atom. The number of alkyl halides is 2. The lowest BCUT2D eigenvalue weighted by Gasteiger charge is -2.07. The SMILES string of the molecule is CC(=O)c1cc(C(F)F)c(N)cc1O. The quantitative estimate of drug-likeness (QED) is 0.569. The second-order valence-electron chi connectivity index (χ2n) is 2.86. The molecule has 14 heavy (non-hydrogen) atoms. The predicted molar refractivity (Wildman–Crippen MR) is 47.5 cm³/mol. The topological polar surface area (TPSA) is 63.3 Å². The van der Waals surface area contributed by atoms with E-state index in [1.54, 1.807) is 0 Å². The highest BCUT2D eigenvalue weighted by Crippen LogP contribution is 2.31. The molecule has 3 nitrogen and oxygen atoms in total. The molecule has 0 spiro atoms. The number of ketones is 1. The Bertz CT molecular complexity index is 377. The molecule has 0 radical (unpaired) electrons. The molecule has 0 bridgehead atoms. The number of aromatic hydroxyl groups is 1. The Morgan fingerprint density at radius 3 is 2.50 bits per heavy atom. The zero-order chi connectivity index (χ0) is 10.9. The number of halogens is 2. The number of carbonyl (C=O) groups excluding carboxylic acids is 1. The zero-order valence-corrected chi connectivity index (χ0v) is 7.42. The number of benzene rings is 1. The Morgan fingerprint density at radius 1 is 1.50 bits per heavy atom. The van der Waals surface area contributed by atoms with Gasteiger partial charge in [-0.05, 0) is 13.0 Å². The van der Waals surface area contributed by atoms with Gasteiger partial charge in [-0.25, -0.2) is 8.78 Å². The van der Waals surface area contributed by atoms with Gasteiger partial charge in [0.05, 0.1) is 5.56 Å². The van der Waals surface area contributed by atoms with Crippen molar-refractivity contribution in [2.75, 3.05) is 5.73 Å². The number of Topliss-reactive ketones (excluding diaryl/α,β-unsaturated/α-hetero) is 1. The van der Waals surface area contributed by atoms with Crippen molar-refractivity contribution in [1.29, 1.82) is 0 Å². The van der Waals surface area contributed by atoms with Crippen LogP contribution in [-0.2, 0) is 0 Å². The number of phenolic OH excluding ortho intramolecular Hbond substituents is 1. The van der Waals surface area contributed by atoms with Crippen LogP contribution in [0.2, 0.25) is 0 Å². The van der Waals surface area contributed by atoms with Crippen LogP contribution >= 0.6 is 0 Å². The molecule has 0 amide bonds. The fourth-order valence-electron chi connectivity index (χ4n) is 1.09. The Balaban J connectivity index is 3.34. The number of nitrogen functional groups attached to an aromatic ring is 1. The summed E-state index contributed by atoms with van der Waals surface area (Å²) in [7, 11) is 0. The summed E-state index contributed by atoms with van der Waals surface area (Å²) >= 11 is 0. The zero-order valence-electron chi connectivity index (χ0n) is 7.42. The van der Waals surface area contributed by atoms with Crippen molar-refractivity contribution in [2.24, 2.45) is 0 Å². The van der Waals surface area contributed by atoms with E-state index in [4.69, 9.17) is 5.73 Å². The first kappa shape index (κ1) is 10.4. The van der Waals surface area contributed by atoms with E-state index in [2.05, 4.69) is 0 Å². The fourth-order valence-corrected chi connectivity index (χ4v) is 1.09. The van der Waals surface area contributed by atoms with Crippen LogP contribution < -0.4 is 5.73 Å². The molecular weight excluding hydrogens is 192 g/mol. The Kier molecular flexibility index (Phi) is 2.69. The van der Waals surface area contributed by atoms with Gasteiger partial charge in [0.25, 0.3) is 6.43 Å². The summed E-state index contributed by atoms with van der Waals surface area (Å²) in [5, 5.41) is 9.22. The largest absolute Gasteiger partial charge is 0.507 e. The van der Waals surface area contributed by atoms with Gasteiger partial charge in [-0.3, -0.25) is 4.79 Å². The molecule has 0 saturated carbocycles. The third-order valence-corrected chi connectivity index (χ3v) is 1.82. The predicted octanol–water partition coefficient (Wildman–Crippen LogP) is 2.11. The first-order valence-electron chi connectivity index (χ1n) is 3.85. The molecule has 0 aliphatic rings. The van der Waals surface area contributed by atoms with E-state index in [1.807, 2.05) is 0 Å². The number of carbonyl (C=O) groups is 1. The molecule has 0 heterocycles. The van der Waals surface area contributed by atoms with Crippen LogP contribution in [0.4, 0.5) is 14.5 Å². The summed E-state index contributed by atoms with van der Waals surface area (Å²) in [6.07, 6.45) is -2.76. The van der Waals surface area contributed by atoms with Crippen molar-refractivity contribution in [3.63, 3.8) is 0 Å². The molecular formula is C9H9F2NO2. The average Bonchev–Trinajstić information content (AvgIpc) is 2.02. The number of hydrogen-bond acceptors (Lipinski definition) is 3. The number of anilines is 1. The van der Waals surface area contributed by atoms with Crippen LogP contribution in [0.1, 0.15) is 29.3 Å². The minimum absolute atomic E-state index is 0.144. The van der Waals surface area contributed by atoms with Crippen molar-refractivity contribution >= 4 is 11.5 Å². The lowest BCUT2D eigenvalue weighted by Crippen LogP contribution is -2.00. The monoisotopic (exact) mass is 201 g/mol. The Labute approximate surface area is 79.2 Å². The summed E-state index contributed by atoms with van der Waals surface area (Å²) in [5.41, 5.74) is 4.44. The molecule has 0 aliphatic carbocycles. The molecule has 0 atom stereocenters. The molecule has 0 aliphatic heterocycles. The molecule has 3 N–H and O–H groups in total. The number of nitrogens with two attached hydrogens (primary N) is 1. The normalized spacial score (nSPS) is 10.6. The van der Waals surface area contributed by atoms with Gasteiger partial charge in [-0.1, -0.05) is 0 Å². The smallest absolute Gasteiger partial charge is 0.265 e. The lowest BCUT2D eigenvalue weighted by atomic mass is 10.1. The summed E-state index contributed by atoms with van der Waals surface area (Å²) < 4.78 is 24.7. The number of hydrogen-bond donors (Lipinski definition) is 2. The van der Waals surface area contributed by atoms with E-state index in [-0.39, 0.29) is 17.0 Å². The van der Waals surface area contributed by atoms with E-state index in [0.717, 1.165) is 12.1 Å². The molecule has 5 heteroatoms. The maximum absolute atomic E-state index is 12.3. The second-order valence-corrected chi connectivity index (χ2v) is 2.86. The van der Waals surface area contributed by atoms with Crippen LogP contribution in [0.25, 0.3) is 0 Å². The lowest BCUT2D eigenvalue weighted by molar-refractivity contribution is 0.101. The Hall–Kier alpha value is -1.65. The molecule has 1 aromatic carbocycles. The summed E-state index contributed by atoms with van der Waals surface area (Å²) in [4.78, 5) is 10.9. The number of phenols is 1. The third-order valence-electron chi connectivity index (χ3n) is 1.82. The third kappa shape index (κ3) is 1.81. The second kappa shape index (κ2) is 3.61. The van der Waals surface area contributed by atoms with E-state index in [0.29, 0.717) is 0 Å². The maximum atomic E-state index is 12.3. The van der Waals surface area contributed by atoms with Gasteiger partial charge in [-0.15, -0.1) is 0 Å². The highest BCUT2D eigenvalue weighted by Gasteiger charge is 2.16. The maximum Gasteiger partial charge on any atom is 0.265 e. The van der Waals surface area contributed by atoms with Gasteiger partial charge in [0.2, 0.25) is 0 Å². The fraction of sp³-hybridized carbons (Fsp3) is 0.222. The van der Waals surface area contributed by atoms with Crippen molar-refractivity contribution < 1.29 is 18.7 Å². The minimum Gasteiger partial charge on any atom is -0.507 e. The molecule has 76 valence electrons. The first-order chi connectivity index (χ1) is 6.43. The van der Waals surface area contributed by atoms with Gasteiger partial charge in [0.1, 0.15) is 5.75 Å². The molecule has 1 aromatic rings. The molecule has 1 rings (SSSR count). The summed E-state index contributed by atoms with van der Waals surface area (Å²) in [6.45, 7) is 1.18. The van der Waals surface area contributed by atoms with Crippen LogP contribution in [0, 0.1) is 0 Å². The van der Waals surface area contributed by atoms with Gasteiger partial charge in [0.15, 0.2) is 5.78 Å². The van der Waals surface area contributed by atoms with Crippen LogP contribution in [0.3, 0.4) is 0 Å². The van der Waals surface area contributed by atoms with Crippen LogP contribution in [0.15, 0.2) is 12.1 Å². The summed E-state index contributed by atoms with van der Waals surface area (Å²) in [5.74, 6) is -0.858. The molecule has 0 unspecified atom stereocenters. The van der Waals surface area contributed by atoms with E-state index in [9.17, 15) is 18.7 Å². The standard InChI is InChI=1S/C9H9F2NO2/c1-4(13)5-2-6(9(10)11)7(12)3-8(5)14/h2-3,9,14H,12H2,1H3. The molecule has 0 aromatic heterocycles. The number of rotatable bonds is 2. The first-order valence-corrected chi connectivity index (χ1v) is 3.85. The van der Waals surface area contributed by atoms with Crippen molar-refractivity contribution in [2.45, 2.75) is 13.3 Å². The highest BCUT2D eigenvalue weighted by atomic mass is 19.3. The van der Waals surface area contributed by atoms with Gasteiger partial charge in [-0.2, -0.15) is 0 Å². The molecule has 0 fully saturated rings. The molecule has 0 saturated heterocycles. The van der Waals surface area contributed by atoms with Gasteiger partial charge >= 0.3 is 0 Å². The van der Waals surface area contributed by atoms with E-state index >= 15 is 0 Å². The van der Waals surface area contributed by atoms with Gasteiger partial charge < -0.3 is 10.8 Å². The van der Waals surface area contributed by atoms with Crippen LogP contribution in [-0.4, -0.2) is 10.9 Å². The minimum atomic E-state index is -2.76. The van der Waals surface area contributed by atoms with Gasteiger partial charge in [0, 0.05) is 17.3 Å². The highest BCUT2D eigenvalue weighted by molar-refractivity contribution is 5.97. The van der Waals surface area contributed by atoms with Crippen LogP contribution in [0.5, 0.6) is 5.75 Å². The van der Waals surface area contributed by atoms with Crippen molar-refractivity contribution in [1.82, 2.24) is 0 Å². The summed E-state index contributed by atoms with van der Waals surface area (Å²) in [6, 6.07) is 1.87. The van der Waals surface area contributed by atoms with Crippen molar-refractivity contribution in [3.8, 4) is 5.75 Å².